The third kappa shape index (κ3) is 5.01. The van der Waals surface area contributed by atoms with Gasteiger partial charge in [-0.25, -0.2) is 4.98 Å². The van der Waals surface area contributed by atoms with Crippen LogP contribution in [0.3, 0.4) is 0 Å². The monoisotopic (exact) mass is 364 g/mol. The third-order valence-corrected chi connectivity index (χ3v) is 6.05. The molecule has 7 heteroatoms. The summed E-state index contributed by atoms with van der Waals surface area (Å²) in [5.74, 6) is 0.109. The van der Waals surface area contributed by atoms with E-state index in [9.17, 15) is 9.59 Å². The molecule has 0 spiro atoms. The Morgan fingerprint density at radius 1 is 1.24 bits per heavy atom. The van der Waals surface area contributed by atoms with Gasteiger partial charge in [-0.05, 0) is 39.2 Å². The molecule has 2 aliphatic rings. The molecular weight excluding hydrogens is 336 g/mol. The number of amides is 2. The highest BCUT2D eigenvalue weighted by Crippen LogP contribution is 2.22. The van der Waals surface area contributed by atoms with E-state index in [-0.39, 0.29) is 23.8 Å². The zero-order valence-corrected chi connectivity index (χ0v) is 15.7. The number of hydrogen-bond donors (Lipinski definition) is 2. The van der Waals surface area contributed by atoms with Crippen LogP contribution in [0.4, 0.5) is 5.13 Å². The maximum atomic E-state index is 12.6. The first-order chi connectivity index (χ1) is 12.1. The zero-order chi connectivity index (χ0) is 17.6. The Bertz CT molecular complexity index is 572. The Hall–Kier alpha value is -1.47. The maximum absolute atomic E-state index is 12.6. The van der Waals surface area contributed by atoms with Gasteiger partial charge in [-0.1, -0.05) is 19.3 Å². The van der Waals surface area contributed by atoms with Crippen LogP contribution in [-0.4, -0.2) is 46.9 Å². The summed E-state index contributed by atoms with van der Waals surface area (Å²) in [7, 11) is 0. The van der Waals surface area contributed by atoms with Crippen LogP contribution < -0.4 is 10.6 Å². The van der Waals surface area contributed by atoms with E-state index in [0.717, 1.165) is 32.2 Å². The van der Waals surface area contributed by atoms with Crippen molar-refractivity contribution in [2.75, 3.05) is 18.4 Å². The van der Waals surface area contributed by atoms with Crippen molar-refractivity contribution in [2.24, 2.45) is 5.92 Å². The molecule has 1 aromatic heterocycles. The minimum atomic E-state index is -0.255. The van der Waals surface area contributed by atoms with Crippen LogP contribution in [-0.2, 0) is 9.59 Å². The number of nitrogens with one attached hydrogen (secondary N) is 2. The number of likely N-dealkylation sites (tertiary alicyclic amines) is 1. The summed E-state index contributed by atoms with van der Waals surface area (Å²) in [6.45, 7) is 3.43. The number of thiazole rings is 1. The number of rotatable bonds is 5. The smallest absolute Gasteiger partial charge is 0.243 e. The van der Waals surface area contributed by atoms with E-state index in [1.54, 1.807) is 6.20 Å². The first-order valence-electron chi connectivity index (χ1n) is 9.38. The maximum Gasteiger partial charge on any atom is 0.243 e. The van der Waals surface area contributed by atoms with E-state index in [2.05, 4.69) is 20.5 Å². The summed E-state index contributed by atoms with van der Waals surface area (Å²) >= 11 is 1.41. The van der Waals surface area contributed by atoms with Crippen molar-refractivity contribution >= 4 is 28.3 Å². The fourth-order valence-electron chi connectivity index (χ4n) is 3.80. The van der Waals surface area contributed by atoms with Gasteiger partial charge in [0.2, 0.25) is 11.8 Å². The predicted octanol–water partition coefficient (Wildman–Crippen LogP) is 2.63. The fourth-order valence-corrected chi connectivity index (χ4v) is 4.33. The first kappa shape index (κ1) is 18.3. The number of aromatic nitrogens is 1. The van der Waals surface area contributed by atoms with E-state index in [0.29, 0.717) is 17.7 Å². The molecule has 2 atom stereocenters. The third-order valence-electron chi connectivity index (χ3n) is 5.36. The molecule has 0 radical (unpaired) electrons. The normalized spacial score (nSPS) is 23.8. The molecule has 1 aliphatic heterocycles. The van der Waals surface area contributed by atoms with Crippen LogP contribution >= 0.6 is 11.3 Å². The van der Waals surface area contributed by atoms with Gasteiger partial charge in [0.15, 0.2) is 5.13 Å². The predicted molar refractivity (Wildman–Crippen MR) is 99.5 cm³/mol. The SMILES string of the molecule is C[C@@H](C(=O)Nc1nccs1)N1CCC[C@@H](C(=O)NC2CCCCC2)C1. The van der Waals surface area contributed by atoms with Gasteiger partial charge in [0, 0.05) is 24.2 Å². The zero-order valence-electron chi connectivity index (χ0n) is 14.9. The molecule has 3 rings (SSSR count). The molecular formula is C18H28N4O2S. The van der Waals surface area contributed by atoms with Crippen LogP contribution in [0.1, 0.15) is 51.9 Å². The molecule has 2 N–H and O–H groups in total. The van der Waals surface area contributed by atoms with Crippen LogP contribution in [0.5, 0.6) is 0 Å². The minimum Gasteiger partial charge on any atom is -0.353 e. The van der Waals surface area contributed by atoms with Crippen molar-refractivity contribution < 1.29 is 9.59 Å². The molecule has 138 valence electrons. The largest absolute Gasteiger partial charge is 0.353 e. The molecule has 0 bridgehead atoms. The molecule has 0 aromatic carbocycles. The number of carbonyl (C=O) groups excluding carboxylic acids is 2. The highest BCUT2D eigenvalue weighted by atomic mass is 32.1. The molecule has 1 saturated heterocycles. The standard InChI is InChI=1S/C18H28N4O2S/c1-13(16(23)21-18-19-9-11-25-18)22-10-5-6-14(12-22)17(24)20-15-7-3-2-4-8-15/h9,11,13-15H,2-8,10,12H2,1H3,(H,20,24)(H,19,21,23)/t13-,14+/m0/s1. The fraction of sp³-hybridized carbons (Fsp3) is 0.722. The molecule has 0 unspecified atom stereocenters. The number of anilines is 1. The van der Waals surface area contributed by atoms with Gasteiger partial charge in [-0.3, -0.25) is 14.5 Å². The molecule has 2 fully saturated rings. The Morgan fingerprint density at radius 3 is 2.76 bits per heavy atom. The van der Waals surface area contributed by atoms with Crippen LogP contribution in [0, 0.1) is 5.92 Å². The van der Waals surface area contributed by atoms with Crippen molar-refractivity contribution in [2.45, 2.75) is 64.0 Å². The number of carbonyl (C=O) groups is 2. The Morgan fingerprint density at radius 2 is 2.04 bits per heavy atom. The van der Waals surface area contributed by atoms with Crippen molar-refractivity contribution in [3.05, 3.63) is 11.6 Å². The highest BCUT2D eigenvalue weighted by molar-refractivity contribution is 7.13. The molecule has 1 aliphatic carbocycles. The summed E-state index contributed by atoms with van der Waals surface area (Å²) < 4.78 is 0. The van der Waals surface area contributed by atoms with Crippen molar-refractivity contribution in [1.29, 1.82) is 0 Å². The van der Waals surface area contributed by atoms with Crippen LogP contribution in [0.25, 0.3) is 0 Å². The summed E-state index contributed by atoms with van der Waals surface area (Å²) in [4.78, 5) is 31.2. The van der Waals surface area contributed by atoms with Crippen molar-refractivity contribution in [3.63, 3.8) is 0 Å². The Labute approximate surface area is 153 Å². The molecule has 25 heavy (non-hydrogen) atoms. The lowest BCUT2D eigenvalue weighted by Crippen LogP contribution is -2.51. The summed E-state index contributed by atoms with van der Waals surface area (Å²) in [6, 6.07) is 0.0939. The quantitative estimate of drug-likeness (QED) is 0.842. The number of nitrogens with zero attached hydrogens (tertiary/aromatic N) is 2. The van der Waals surface area contributed by atoms with Gasteiger partial charge in [-0.2, -0.15) is 0 Å². The van der Waals surface area contributed by atoms with Crippen LogP contribution in [0.15, 0.2) is 11.6 Å². The van der Waals surface area contributed by atoms with E-state index < -0.39 is 0 Å². The Balaban J connectivity index is 1.51. The summed E-state index contributed by atoms with van der Waals surface area (Å²) in [5, 5.41) is 8.56. The first-order valence-corrected chi connectivity index (χ1v) is 10.3. The minimum absolute atomic E-state index is 0.00853. The van der Waals surface area contributed by atoms with Gasteiger partial charge in [0.1, 0.15) is 0 Å². The second-order valence-electron chi connectivity index (χ2n) is 7.18. The molecule has 1 aromatic rings. The Kier molecular flexibility index (Phi) is 6.42. The molecule has 2 amide bonds. The van der Waals surface area contributed by atoms with Crippen LogP contribution in [0.2, 0.25) is 0 Å². The highest BCUT2D eigenvalue weighted by Gasteiger charge is 2.32. The van der Waals surface area contributed by atoms with Crippen molar-refractivity contribution in [3.8, 4) is 0 Å². The average Bonchev–Trinajstić information content (AvgIpc) is 3.15. The molecule has 1 saturated carbocycles. The average molecular weight is 365 g/mol. The topological polar surface area (TPSA) is 74.3 Å². The lowest BCUT2D eigenvalue weighted by molar-refractivity contribution is -0.130. The van der Waals surface area contributed by atoms with E-state index in [4.69, 9.17) is 0 Å². The lowest BCUT2D eigenvalue weighted by Gasteiger charge is -2.36. The molecule has 2 heterocycles. The lowest BCUT2D eigenvalue weighted by atomic mass is 9.92. The van der Waals surface area contributed by atoms with Gasteiger partial charge in [0.05, 0.1) is 12.0 Å². The summed E-state index contributed by atoms with van der Waals surface area (Å²) in [6.07, 6.45) is 9.48. The number of piperidine rings is 1. The van der Waals surface area contributed by atoms with Gasteiger partial charge >= 0.3 is 0 Å². The van der Waals surface area contributed by atoms with Gasteiger partial charge < -0.3 is 10.6 Å². The summed E-state index contributed by atoms with van der Waals surface area (Å²) in [5.41, 5.74) is 0. The van der Waals surface area contributed by atoms with E-state index >= 15 is 0 Å². The molecule has 6 nitrogen and oxygen atoms in total. The van der Waals surface area contributed by atoms with Gasteiger partial charge in [0.25, 0.3) is 0 Å². The second kappa shape index (κ2) is 8.76. The second-order valence-corrected chi connectivity index (χ2v) is 8.07. The van der Waals surface area contributed by atoms with E-state index in [1.165, 1.54) is 30.6 Å². The van der Waals surface area contributed by atoms with Crippen molar-refractivity contribution in [1.82, 2.24) is 15.2 Å². The number of hydrogen-bond acceptors (Lipinski definition) is 5. The van der Waals surface area contributed by atoms with E-state index in [1.807, 2.05) is 12.3 Å². The van der Waals surface area contributed by atoms with Gasteiger partial charge in [-0.15, -0.1) is 11.3 Å².